The van der Waals surface area contributed by atoms with Crippen molar-refractivity contribution in [3.05, 3.63) is 11.6 Å². The first kappa shape index (κ1) is 130. The average molecular weight is 1680 g/mol. The molecule has 718 valence electrons. The molecule has 2 aliphatic rings. The summed E-state index contributed by atoms with van der Waals surface area (Å²) in [5.74, 6) is 11.1. The first-order valence-corrected chi connectivity index (χ1v) is 49.6. The maximum Gasteiger partial charge on any atom is 0.148 e. The summed E-state index contributed by atoms with van der Waals surface area (Å²) in [6.45, 7) is 111. The highest BCUT2D eigenvalue weighted by molar-refractivity contribution is 5.56. The summed E-state index contributed by atoms with van der Waals surface area (Å²) < 4.78 is 5.94. The molecule has 0 radical (unpaired) electrons. The van der Waals surface area contributed by atoms with Crippen LogP contribution in [0.1, 0.15) is 493 Å². The van der Waals surface area contributed by atoms with E-state index in [1.165, 1.54) is 82.6 Å². The van der Waals surface area contributed by atoms with Crippen molar-refractivity contribution in [2.75, 3.05) is 13.2 Å². The Morgan fingerprint density at radius 3 is 1.25 bits per heavy atom. The first-order chi connectivity index (χ1) is 52.9. The van der Waals surface area contributed by atoms with Crippen molar-refractivity contribution in [1.29, 1.82) is 0 Å². The van der Waals surface area contributed by atoms with E-state index in [9.17, 15) is 25.2 Å². The molecule has 8 heteroatoms. The molecular formula is C110H230O8. The molecule has 0 amide bonds. The van der Waals surface area contributed by atoms with Crippen LogP contribution in [0.3, 0.4) is 0 Å². The minimum absolute atomic E-state index is 0.00824. The normalized spacial score (nSPS) is 20.5. The first-order valence-electron chi connectivity index (χ1n) is 49.6. The van der Waals surface area contributed by atoms with Gasteiger partial charge in [0.2, 0.25) is 0 Å². The van der Waals surface area contributed by atoms with Crippen LogP contribution in [0, 0.1) is 149 Å². The molecule has 0 aromatic rings. The number of hydrogen-bond acceptors (Lipinski definition) is 8. The van der Waals surface area contributed by atoms with Gasteiger partial charge in [0.25, 0.3) is 0 Å². The highest BCUT2D eigenvalue weighted by Gasteiger charge is 2.38. The van der Waals surface area contributed by atoms with E-state index in [1.54, 1.807) is 0 Å². The zero-order chi connectivity index (χ0) is 94.9. The van der Waals surface area contributed by atoms with Gasteiger partial charge < -0.3 is 40.2 Å². The number of aliphatic hydroxyl groups is 6. The molecule has 1 heterocycles. The summed E-state index contributed by atoms with van der Waals surface area (Å²) in [7, 11) is 0. The van der Waals surface area contributed by atoms with Gasteiger partial charge in [-0.15, -0.1) is 0 Å². The molecule has 2 fully saturated rings. The molecule has 0 aromatic carbocycles. The van der Waals surface area contributed by atoms with Crippen LogP contribution >= 0.6 is 0 Å². The Labute approximate surface area is 746 Å². The lowest BCUT2D eigenvalue weighted by Crippen LogP contribution is -2.42. The lowest BCUT2D eigenvalue weighted by Gasteiger charge is -2.42. The Balaban J connectivity index is -0.000000236. The fraction of sp³-hybridized carbons (Fsp3) is 0.973. The molecule has 1 aliphatic heterocycles. The number of aliphatic hydroxyl groups excluding tert-OH is 6. The molecular weight excluding hydrogens is 1450 g/mol. The summed E-state index contributed by atoms with van der Waals surface area (Å²) in [6.07, 6.45) is 30.3. The Morgan fingerprint density at radius 2 is 0.890 bits per heavy atom. The molecule has 2 rings (SSSR count). The highest BCUT2D eigenvalue weighted by Crippen LogP contribution is 2.41. The van der Waals surface area contributed by atoms with Gasteiger partial charge >= 0.3 is 0 Å². The minimum Gasteiger partial charge on any atom is -0.396 e. The fourth-order valence-electron chi connectivity index (χ4n) is 14.0. The molecule has 17 atom stereocenters. The van der Waals surface area contributed by atoms with Crippen molar-refractivity contribution >= 4 is 6.29 Å². The zero-order valence-electron chi connectivity index (χ0n) is 90.3. The van der Waals surface area contributed by atoms with E-state index in [2.05, 4.69) is 345 Å². The van der Waals surface area contributed by atoms with Crippen molar-refractivity contribution in [3.63, 3.8) is 0 Å². The molecule has 1 saturated carbocycles. The van der Waals surface area contributed by atoms with Crippen molar-refractivity contribution in [3.8, 4) is 0 Å². The number of allylic oxidation sites excluding steroid dienone is 2. The third-order valence-corrected chi connectivity index (χ3v) is 27.9. The van der Waals surface area contributed by atoms with Gasteiger partial charge in [-0.1, -0.05) is 389 Å². The standard InChI is InChI=1S/C15H28O2.C14H30O2.C13H28.C13H26.2C12H26O.C12H26.C11H22O.C8H18O/c1-10(2)12-7-13(9-16)17-14(8-12)11(3)15(4,5)6;1-10(2)12(7-8-15)9-13(16)11(3)14(4,5)6;1-10(2)11(3)8-9-12(4)13(5,6)7;1-7-11(2)9-8-10-12(3)13(4,5)6;1-9(2)7-11(13)8-10(3)12(4,5)6;1-9(2)7-8-11(13)10(3)12(4,5)6;1-10(2)8-7-9-11(3)12(4,5)6;1-11(2,3)8-9-5-4-6-10(12)7-9;1-8(2,3)6-4-5-7-9/h9-14H,7-8H2,1-6H3;10-13,15-16H,7-9H2,1-6H3;10-12H,8-9H2,1-7H3;9,12H,7-8,10H2,1-6H3;2*9-11,13H,7-8H2,1-6H3;10-11H,7-9H2,1-6H3;9-10,12H,4-8H2,1-3H3;9H,4-7H2,1-3H3/b;;;11-9+;;;;;. The van der Waals surface area contributed by atoms with Crippen LogP contribution in [-0.4, -0.2) is 86.8 Å². The monoisotopic (exact) mass is 1680 g/mol. The van der Waals surface area contributed by atoms with Crippen molar-refractivity contribution in [1.82, 2.24) is 0 Å². The van der Waals surface area contributed by atoms with E-state index in [4.69, 9.17) is 14.9 Å². The van der Waals surface area contributed by atoms with Crippen LogP contribution < -0.4 is 0 Å². The van der Waals surface area contributed by atoms with Gasteiger partial charge in [0, 0.05) is 13.2 Å². The number of carbonyl (C=O) groups excluding carboxylic acids is 1. The number of carbonyl (C=O) groups is 1. The number of unbranched alkanes of at least 4 members (excludes halogenated alkanes) is 1. The number of hydrogen-bond donors (Lipinski definition) is 6. The van der Waals surface area contributed by atoms with Gasteiger partial charge in [-0.05, 0) is 265 Å². The van der Waals surface area contributed by atoms with Crippen LogP contribution in [0.2, 0.25) is 0 Å². The van der Waals surface area contributed by atoms with Crippen LogP contribution in [0.4, 0.5) is 0 Å². The van der Waals surface area contributed by atoms with Crippen LogP contribution in [0.5, 0.6) is 0 Å². The van der Waals surface area contributed by atoms with Gasteiger partial charge in [-0.2, -0.15) is 0 Å². The number of rotatable bonds is 33. The number of aldehydes is 1. The van der Waals surface area contributed by atoms with Crippen LogP contribution in [0.25, 0.3) is 0 Å². The predicted octanol–water partition coefficient (Wildman–Crippen LogP) is 32.9. The third-order valence-electron chi connectivity index (χ3n) is 27.9. The predicted molar refractivity (Wildman–Crippen MR) is 531 cm³/mol. The Morgan fingerprint density at radius 1 is 0.432 bits per heavy atom. The topological polar surface area (TPSA) is 148 Å². The van der Waals surface area contributed by atoms with E-state index in [0.29, 0.717) is 92.4 Å². The van der Waals surface area contributed by atoms with Crippen LogP contribution in [-0.2, 0) is 9.53 Å². The van der Waals surface area contributed by atoms with Gasteiger partial charge in [-0.25, -0.2) is 0 Å². The van der Waals surface area contributed by atoms with Gasteiger partial charge in [-0.3, -0.25) is 0 Å². The maximum absolute atomic E-state index is 11.0. The smallest absolute Gasteiger partial charge is 0.148 e. The molecule has 0 bridgehead atoms. The van der Waals surface area contributed by atoms with Gasteiger partial charge in [0.15, 0.2) is 0 Å². The second-order valence-corrected chi connectivity index (χ2v) is 51.0. The van der Waals surface area contributed by atoms with Crippen LogP contribution in [0.15, 0.2) is 11.6 Å². The minimum atomic E-state index is -0.265. The van der Waals surface area contributed by atoms with Crippen molar-refractivity contribution in [2.45, 2.75) is 530 Å². The summed E-state index contributed by atoms with van der Waals surface area (Å²) in [6, 6.07) is 0. The molecule has 8 nitrogen and oxygen atoms in total. The Kier molecular flexibility index (Phi) is 71.5. The molecule has 118 heavy (non-hydrogen) atoms. The highest BCUT2D eigenvalue weighted by atomic mass is 16.5. The zero-order valence-corrected chi connectivity index (χ0v) is 90.3. The number of ether oxygens (including phenoxy) is 1. The van der Waals surface area contributed by atoms with E-state index >= 15 is 0 Å². The second kappa shape index (κ2) is 64.8. The van der Waals surface area contributed by atoms with Crippen molar-refractivity contribution < 1.29 is 40.2 Å². The molecule has 0 aromatic heterocycles. The Hall–Kier alpha value is -0.870. The average Bonchev–Trinajstić information content (AvgIpc) is 0.822. The molecule has 6 N–H and O–H groups in total. The molecule has 1 saturated heterocycles. The summed E-state index contributed by atoms with van der Waals surface area (Å²) in [5.41, 5.74) is 4.76. The van der Waals surface area contributed by atoms with E-state index in [-0.39, 0.29) is 65.4 Å². The van der Waals surface area contributed by atoms with Gasteiger partial charge in [0.05, 0.1) is 30.5 Å². The van der Waals surface area contributed by atoms with E-state index in [1.807, 2.05) is 0 Å². The van der Waals surface area contributed by atoms with E-state index < -0.39 is 0 Å². The SMILES string of the molecule is CC(C)(C)CC1CCCC(O)C1.CC(C)(C)CCCCO.CC(C)C(C)CCC(C)C(C)(C)C.CC(C)C(CCO)CC(O)C(C)C(C)(C)C.CC(C)C1CC(C=O)OC(C(C)C(C)(C)C)C1.CC(C)CC(O)CC(C)C(C)(C)C.CC(C)CCC(O)C(C)C(C)(C)C.CC(C)CCCC(C)C(C)(C)C.CC/C(C)=C/CCC(C)C(C)(C)C. The molecule has 0 spiro atoms. The maximum atomic E-state index is 11.0. The lowest BCUT2D eigenvalue weighted by molar-refractivity contribution is -0.142. The molecule has 17 unspecified atom stereocenters. The van der Waals surface area contributed by atoms with Crippen molar-refractivity contribution in [2.24, 2.45) is 149 Å². The van der Waals surface area contributed by atoms with E-state index in [0.717, 1.165) is 125 Å². The Bertz CT molecular complexity index is 2300. The molecule has 1 aliphatic carbocycles. The summed E-state index contributed by atoms with van der Waals surface area (Å²) in [4.78, 5) is 11.0. The van der Waals surface area contributed by atoms with Gasteiger partial charge in [0.1, 0.15) is 12.4 Å². The largest absolute Gasteiger partial charge is 0.396 e. The third kappa shape index (κ3) is 77.5. The summed E-state index contributed by atoms with van der Waals surface area (Å²) in [5, 5.41) is 56.8. The lowest BCUT2D eigenvalue weighted by atomic mass is 9.73. The quantitative estimate of drug-likeness (QED) is 0.0216. The fourth-order valence-corrected chi connectivity index (χ4v) is 14.0. The summed E-state index contributed by atoms with van der Waals surface area (Å²) >= 11 is 0. The second-order valence-electron chi connectivity index (χ2n) is 51.0.